The van der Waals surface area contributed by atoms with Crippen LogP contribution in [0.4, 0.5) is 0 Å². The highest BCUT2D eigenvalue weighted by Gasteiger charge is 2.39. The van der Waals surface area contributed by atoms with Crippen molar-refractivity contribution in [1.82, 2.24) is 10.3 Å². The van der Waals surface area contributed by atoms with Gasteiger partial charge in [-0.3, -0.25) is 4.79 Å². The van der Waals surface area contributed by atoms with Crippen molar-refractivity contribution in [2.75, 3.05) is 5.75 Å². The molecule has 1 aliphatic heterocycles. The Morgan fingerprint density at radius 3 is 2.07 bits per heavy atom. The number of ether oxygens (including phenoxy) is 2. The number of hydrogen-bond acceptors (Lipinski definition) is 7. The quantitative estimate of drug-likeness (QED) is 0.0995. The summed E-state index contributed by atoms with van der Waals surface area (Å²) in [5.41, 5.74) is 8.15. The molecule has 11 heteroatoms. The lowest BCUT2D eigenvalue weighted by atomic mass is 9.91. The maximum atomic E-state index is 12.2. The molecule has 7 nitrogen and oxygen atoms in total. The molecule has 5 aromatic carbocycles. The largest absolute Gasteiger partial charge is 0.431 e. The van der Waals surface area contributed by atoms with E-state index in [-0.39, 0.29) is 31.3 Å². The van der Waals surface area contributed by atoms with E-state index in [9.17, 15) is 9.90 Å². The average molecular weight is 800 g/mol. The van der Waals surface area contributed by atoms with E-state index in [1.54, 1.807) is 0 Å². The molecule has 4 atom stereocenters. The summed E-state index contributed by atoms with van der Waals surface area (Å²) < 4.78 is 17.8. The van der Waals surface area contributed by atoms with Gasteiger partial charge in [0, 0.05) is 34.9 Å². The zero-order valence-corrected chi connectivity index (χ0v) is 32.3. The molecule has 276 valence electrons. The van der Waals surface area contributed by atoms with E-state index < -0.39 is 16.0 Å². The molecule has 6 aromatic rings. The van der Waals surface area contributed by atoms with Gasteiger partial charge in [-0.15, -0.1) is 0 Å². The number of nitrogens with one attached hydrogen (secondary N) is 1. The van der Waals surface area contributed by atoms with E-state index in [1.807, 2.05) is 133 Å². The standard InChI is InChI=1S/C43H37Cl3N2O5S/c1-27-36(26-54-42-48-37(30-10-4-2-5-11-30)39(53-42)31-12-6-3-7-13-31)51-40(52-38(27)32-18-16-28(25-49)17-19-32)33-22-20-29(21-23-33)35-15-9-8-14-34(35)24-47-41(50)43(44,45)46/h2-23,27,36,38,40,49H,24-26H2,1H3,(H,47,50)/t27-,36+,38+,40+/m1/s1. The summed E-state index contributed by atoms with van der Waals surface area (Å²) in [6.45, 7) is 2.29. The molecule has 2 N–H and O–H groups in total. The molecule has 1 amide bonds. The lowest BCUT2D eigenvalue weighted by Gasteiger charge is -2.41. The third-order valence-electron chi connectivity index (χ3n) is 9.39. The monoisotopic (exact) mass is 798 g/mol. The van der Waals surface area contributed by atoms with Gasteiger partial charge in [0.2, 0.25) is 0 Å². The van der Waals surface area contributed by atoms with E-state index in [0.29, 0.717) is 11.0 Å². The molecule has 0 radical (unpaired) electrons. The first-order valence-electron chi connectivity index (χ1n) is 17.5. The maximum Gasteiger partial charge on any atom is 0.272 e. The van der Waals surface area contributed by atoms with Crippen molar-refractivity contribution in [3.63, 3.8) is 0 Å². The number of amides is 1. The third kappa shape index (κ3) is 8.88. The van der Waals surface area contributed by atoms with Gasteiger partial charge in [0.1, 0.15) is 5.69 Å². The van der Waals surface area contributed by atoms with Crippen LogP contribution in [-0.2, 0) is 27.4 Å². The highest BCUT2D eigenvalue weighted by atomic mass is 35.6. The fourth-order valence-electron chi connectivity index (χ4n) is 6.45. The van der Waals surface area contributed by atoms with Crippen molar-refractivity contribution in [2.45, 2.75) is 47.6 Å². The number of rotatable bonds is 11. The van der Waals surface area contributed by atoms with E-state index in [0.717, 1.165) is 56.0 Å². The number of aromatic nitrogens is 1. The van der Waals surface area contributed by atoms with Gasteiger partial charge in [0.05, 0.1) is 18.8 Å². The smallest absolute Gasteiger partial charge is 0.272 e. The molecule has 2 heterocycles. The minimum absolute atomic E-state index is 0.0278. The van der Waals surface area contributed by atoms with Crippen LogP contribution in [0.3, 0.4) is 0 Å². The Hall–Kier alpha value is -4.12. The van der Waals surface area contributed by atoms with Crippen LogP contribution in [0, 0.1) is 5.92 Å². The van der Waals surface area contributed by atoms with E-state index in [4.69, 9.17) is 53.7 Å². The van der Waals surface area contributed by atoms with Crippen LogP contribution in [0.2, 0.25) is 0 Å². The molecule has 0 saturated carbocycles. The second kappa shape index (κ2) is 17.1. The minimum atomic E-state index is -2.05. The number of benzene rings is 5. The number of hydrogen-bond donors (Lipinski definition) is 2. The van der Waals surface area contributed by atoms with Gasteiger partial charge in [-0.25, -0.2) is 4.98 Å². The van der Waals surface area contributed by atoms with Crippen LogP contribution in [-0.4, -0.2) is 31.6 Å². The van der Waals surface area contributed by atoms with Gasteiger partial charge >= 0.3 is 0 Å². The molecule has 1 fully saturated rings. The van der Waals surface area contributed by atoms with Gasteiger partial charge in [-0.2, -0.15) is 0 Å². The van der Waals surface area contributed by atoms with Crippen LogP contribution >= 0.6 is 46.6 Å². The third-order valence-corrected chi connectivity index (χ3v) is 10.8. The second-order valence-electron chi connectivity index (χ2n) is 13.0. The van der Waals surface area contributed by atoms with E-state index in [2.05, 4.69) is 12.2 Å². The number of alkyl halides is 3. The minimum Gasteiger partial charge on any atom is -0.431 e. The average Bonchev–Trinajstić information content (AvgIpc) is 3.64. The van der Waals surface area contributed by atoms with Gasteiger partial charge in [-0.05, 0) is 27.8 Å². The topological polar surface area (TPSA) is 93.8 Å². The number of oxazole rings is 1. The molecule has 54 heavy (non-hydrogen) atoms. The molecular formula is C43H37Cl3N2O5S. The lowest BCUT2D eigenvalue weighted by Crippen LogP contribution is -2.38. The first kappa shape index (κ1) is 38.2. The number of aliphatic hydroxyl groups excluding tert-OH is 1. The normalized spacial score (nSPS) is 18.7. The number of carbonyl (C=O) groups excluding carboxylic acids is 1. The summed E-state index contributed by atoms with van der Waals surface area (Å²) in [5, 5.41) is 12.9. The van der Waals surface area contributed by atoms with Gasteiger partial charge in [-0.1, -0.05) is 187 Å². The van der Waals surface area contributed by atoms with Gasteiger partial charge < -0.3 is 24.3 Å². The first-order chi connectivity index (χ1) is 26.2. The Kier molecular flexibility index (Phi) is 12.1. The molecule has 0 spiro atoms. The summed E-state index contributed by atoms with van der Waals surface area (Å²) in [7, 11) is 0. The Balaban J connectivity index is 1.14. The highest BCUT2D eigenvalue weighted by Crippen LogP contribution is 2.44. The second-order valence-corrected chi connectivity index (χ2v) is 16.2. The number of nitrogens with zero attached hydrogens (tertiary/aromatic N) is 1. The van der Waals surface area contributed by atoms with Crippen molar-refractivity contribution in [2.24, 2.45) is 5.92 Å². The summed E-state index contributed by atoms with van der Waals surface area (Å²) in [5.74, 6) is 0.572. The van der Waals surface area contributed by atoms with Crippen molar-refractivity contribution < 1.29 is 23.8 Å². The summed E-state index contributed by atoms with van der Waals surface area (Å²) in [4.78, 5) is 17.2. The lowest BCUT2D eigenvalue weighted by molar-refractivity contribution is -0.268. The molecule has 1 aliphatic rings. The summed E-state index contributed by atoms with van der Waals surface area (Å²) in [6.07, 6.45) is -1.18. The zero-order valence-electron chi connectivity index (χ0n) is 29.2. The van der Waals surface area contributed by atoms with Gasteiger partial charge in [0.25, 0.3) is 14.9 Å². The SMILES string of the molecule is C[C@@H]1[C@H](CSc2nc(-c3ccccc3)c(-c3ccccc3)o2)O[C@H](c2ccc(-c3ccccc3CNC(=O)C(Cl)(Cl)Cl)cc2)O[C@@H]1c1ccc(CO)cc1. The maximum absolute atomic E-state index is 12.2. The predicted molar refractivity (Wildman–Crippen MR) is 215 cm³/mol. The zero-order chi connectivity index (χ0) is 37.7. The molecule has 7 rings (SSSR count). The Bertz CT molecular complexity index is 2100. The number of aliphatic hydroxyl groups is 1. The van der Waals surface area contributed by atoms with Crippen LogP contribution in [0.1, 0.15) is 41.6 Å². The Morgan fingerprint density at radius 1 is 0.778 bits per heavy atom. The van der Waals surface area contributed by atoms with E-state index >= 15 is 0 Å². The fourth-order valence-corrected chi connectivity index (χ4v) is 7.64. The molecule has 1 aromatic heterocycles. The first-order valence-corrected chi connectivity index (χ1v) is 19.6. The van der Waals surface area contributed by atoms with Crippen LogP contribution in [0.15, 0.2) is 143 Å². The molecule has 0 bridgehead atoms. The van der Waals surface area contributed by atoms with Crippen molar-refractivity contribution in [1.29, 1.82) is 0 Å². The number of halogens is 3. The molecule has 0 aliphatic carbocycles. The van der Waals surface area contributed by atoms with Crippen LogP contribution in [0.5, 0.6) is 0 Å². The fraction of sp³-hybridized carbons (Fsp3) is 0.209. The van der Waals surface area contributed by atoms with Crippen LogP contribution < -0.4 is 5.32 Å². The molecule has 0 unspecified atom stereocenters. The van der Waals surface area contributed by atoms with Crippen LogP contribution in [0.25, 0.3) is 33.7 Å². The molecule has 1 saturated heterocycles. The van der Waals surface area contributed by atoms with E-state index in [1.165, 1.54) is 11.8 Å². The summed E-state index contributed by atoms with van der Waals surface area (Å²) >= 11 is 18.8. The predicted octanol–water partition coefficient (Wildman–Crippen LogP) is 10.7. The van der Waals surface area contributed by atoms with Crippen molar-refractivity contribution >= 4 is 52.5 Å². The number of carbonyl (C=O) groups is 1. The molecular weight excluding hydrogens is 763 g/mol. The summed E-state index contributed by atoms with van der Waals surface area (Å²) in [6, 6.07) is 43.7. The van der Waals surface area contributed by atoms with Crippen molar-refractivity contribution in [3.05, 3.63) is 156 Å². The Morgan fingerprint density at radius 2 is 1.41 bits per heavy atom. The highest BCUT2D eigenvalue weighted by molar-refractivity contribution is 7.99. The Labute approximate surface area is 333 Å². The number of thioether (sulfide) groups is 1. The van der Waals surface area contributed by atoms with Gasteiger partial charge in [0.15, 0.2) is 12.1 Å². The van der Waals surface area contributed by atoms with Crippen molar-refractivity contribution in [3.8, 4) is 33.7 Å².